The lowest BCUT2D eigenvalue weighted by Gasteiger charge is -1.92. The van der Waals surface area contributed by atoms with Gasteiger partial charge >= 0.3 is 6.01 Å². The highest BCUT2D eigenvalue weighted by Crippen LogP contribution is 2.05. The van der Waals surface area contributed by atoms with Crippen LogP contribution in [0.3, 0.4) is 0 Å². The summed E-state index contributed by atoms with van der Waals surface area (Å²) in [6, 6.07) is 0.319. The van der Waals surface area contributed by atoms with Crippen molar-refractivity contribution in [2.75, 3.05) is 12.8 Å². The van der Waals surface area contributed by atoms with Gasteiger partial charge in [-0.15, -0.1) is 5.10 Å². The minimum absolute atomic E-state index is 0.319. The molecule has 1 aromatic heterocycles. The second kappa shape index (κ2) is 2.55. The molecule has 0 saturated carbocycles. The smallest absolute Gasteiger partial charge is 0.337 e. The Morgan fingerprint density at radius 1 is 1.70 bits per heavy atom. The first-order valence-electron chi connectivity index (χ1n) is 3.02. The van der Waals surface area contributed by atoms with Gasteiger partial charge in [-0.3, -0.25) is 0 Å². The summed E-state index contributed by atoms with van der Waals surface area (Å²) in [4.78, 5) is 3.81. The molecular formula is C5H10N4O. The summed E-state index contributed by atoms with van der Waals surface area (Å²) in [5.41, 5.74) is 5.44. The van der Waals surface area contributed by atoms with Crippen LogP contribution < -0.4 is 10.5 Å². The predicted molar refractivity (Wildman–Crippen MR) is 36.7 cm³/mol. The molecular weight excluding hydrogens is 132 g/mol. The lowest BCUT2D eigenvalue weighted by Crippen LogP contribution is -2.02. The van der Waals surface area contributed by atoms with Crippen molar-refractivity contribution in [2.24, 2.45) is 0 Å². The van der Waals surface area contributed by atoms with E-state index in [2.05, 4.69) is 10.1 Å². The van der Waals surface area contributed by atoms with Crippen molar-refractivity contribution in [1.29, 1.82) is 0 Å². The van der Waals surface area contributed by atoms with Crippen LogP contribution in [0.1, 0.15) is 6.92 Å². The van der Waals surface area contributed by atoms with E-state index in [1.807, 2.05) is 6.92 Å². The number of nitrogens with two attached hydrogens (primary N) is 1. The summed E-state index contributed by atoms with van der Waals surface area (Å²) < 4.78 is 6.32. The second-order valence-corrected chi connectivity index (χ2v) is 1.77. The van der Waals surface area contributed by atoms with Crippen LogP contribution in [0.25, 0.3) is 0 Å². The van der Waals surface area contributed by atoms with Crippen LogP contribution >= 0.6 is 0 Å². The van der Waals surface area contributed by atoms with Crippen LogP contribution in [0.15, 0.2) is 0 Å². The normalized spacial score (nSPS) is 9.80. The fourth-order valence-corrected chi connectivity index (χ4v) is 0.652. The molecule has 0 atom stereocenters. The fraction of sp³-hybridized carbons (Fsp3) is 0.600. The van der Waals surface area contributed by atoms with E-state index in [9.17, 15) is 0 Å². The minimum atomic E-state index is 0.319. The van der Waals surface area contributed by atoms with Crippen LogP contribution in [-0.2, 0) is 6.54 Å². The van der Waals surface area contributed by atoms with Crippen LogP contribution in [-0.4, -0.2) is 21.9 Å². The molecule has 0 aromatic carbocycles. The molecule has 0 saturated heterocycles. The quantitative estimate of drug-likeness (QED) is 0.625. The van der Waals surface area contributed by atoms with Crippen molar-refractivity contribution in [1.82, 2.24) is 14.8 Å². The van der Waals surface area contributed by atoms with Crippen LogP contribution in [0.4, 0.5) is 5.95 Å². The Labute approximate surface area is 58.8 Å². The number of methoxy groups -OCH3 is 1. The Morgan fingerprint density at radius 2 is 2.40 bits per heavy atom. The third kappa shape index (κ3) is 1.02. The molecule has 2 N–H and O–H groups in total. The first kappa shape index (κ1) is 6.85. The summed E-state index contributed by atoms with van der Waals surface area (Å²) in [7, 11) is 1.51. The fourth-order valence-electron chi connectivity index (χ4n) is 0.652. The van der Waals surface area contributed by atoms with Gasteiger partial charge in [0, 0.05) is 6.54 Å². The maximum Gasteiger partial charge on any atom is 0.337 e. The predicted octanol–water partition coefficient (Wildman–Crippen LogP) is -0.111. The van der Waals surface area contributed by atoms with Crippen LogP contribution in [0.5, 0.6) is 6.01 Å². The summed E-state index contributed by atoms with van der Waals surface area (Å²) in [6.45, 7) is 2.65. The first-order chi connectivity index (χ1) is 4.77. The maximum atomic E-state index is 5.44. The van der Waals surface area contributed by atoms with Gasteiger partial charge in [-0.2, -0.15) is 4.98 Å². The monoisotopic (exact) mass is 142 g/mol. The third-order valence-corrected chi connectivity index (χ3v) is 1.16. The molecule has 1 heterocycles. The van der Waals surface area contributed by atoms with E-state index in [1.165, 1.54) is 7.11 Å². The molecule has 1 rings (SSSR count). The molecule has 5 nitrogen and oxygen atoms in total. The molecule has 0 fully saturated rings. The molecule has 5 heteroatoms. The van der Waals surface area contributed by atoms with Crippen molar-refractivity contribution in [3.8, 4) is 6.01 Å². The van der Waals surface area contributed by atoms with Crippen LogP contribution in [0.2, 0.25) is 0 Å². The van der Waals surface area contributed by atoms with Gasteiger partial charge in [0.05, 0.1) is 7.11 Å². The van der Waals surface area contributed by atoms with Crippen molar-refractivity contribution in [2.45, 2.75) is 13.5 Å². The topological polar surface area (TPSA) is 66.0 Å². The van der Waals surface area contributed by atoms with Gasteiger partial charge in [0.2, 0.25) is 5.95 Å². The zero-order valence-corrected chi connectivity index (χ0v) is 6.03. The summed E-state index contributed by atoms with van der Waals surface area (Å²) in [5, 5.41) is 3.91. The van der Waals surface area contributed by atoms with E-state index in [4.69, 9.17) is 10.5 Å². The molecule has 10 heavy (non-hydrogen) atoms. The largest absolute Gasteiger partial charge is 0.466 e. The number of aryl methyl sites for hydroxylation is 1. The van der Waals surface area contributed by atoms with E-state index >= 15 is 0 Å². The number of hydrogen-bond donors (Lipinski definition) is 1. The molecule has 0 bridgehead atoms. The summed E-state index contributed by atoms with van der Waals surface area (Å²) >= 11 is 0. The summed E-state index contributed by atoms with van der Waals surface area (Å²) in [6.07, 6.45) is 0. The number of ether oxygens (including phenoxy) is 1. The lowest BCUT2D eigenvalue weighted by atomic mass is 10.8. The highest BCUT2D eigenvalue weighted by atomic mass is 16.5. The van der Waals surface area contributed by atoms with Gasteiger partial charge < -0.3 is 10.5 Å². The molecule has 0 aliphatic carbocycles. The van der Waals surface area contributed by atoms with Crippen molar-refractivity contribution >= 4 is 5.95 Å². The van der Waals surface area contributed by atoms with E-state index in [0.717, 1.165) is 0 Å². The number of nitrogen functional groups attached to an aromatic ring is 1. The zero-order chi connectivity index (χ0) is 7.56. The highest BCUT2D eigenvalue weighted by Gasteiger charge is 2.02. The number of anilines is 1. The van der Waals surface area contributed by atoms with E-state index in [1.54, 1.807) is 4.68 Å². The Balaban J connectivity index is 2.92. The second-order valence-electron chi connectivity index (χ2n) is 1.77. The van der Waals surface area contributed by atoms with E-state index < -0.39 is 0 Å². The minimum Gasteiger partial charge on any atom is -0.466 e. The Kier molecular flexibility index (Phi) is 1.75. The molecule has 0 amide bonds. The molecule has 0 unspecified atom stereocenters. The Morgan fingerprint density at radius 3 is 2.70 bits per heavy atom. The van der Waals surface area contributed by atoms with Crippen molar-refractivity contribution in [3.63, 3.8) is 0 Å². The highest BCUT2D eigenvalue weighted by molar-refractivity contribution is 5.17. The average molecular weight is 142 g/mol. The Bertz CT molecular complexity index is 219. The average Bonchev–Trinajstić information content (AvgIpc) is 2.30. The van der Waals surface area contributed by atoms with Gasteiger partial charge in [-0.1, -0.05) is 0 Å². The van der Waals surface area contributed by atoms with Gasteiger partial charge in [0.15, 0.2) is 0 Å². The molecule has 1 aromatic rings. The first-order valence-corrected chi connectivity index (χ1v) is 3.02. The molecule has 0 aliphatic heterocycles. The van der Waals surface area contributed by atoms with E-state index in [0.29, 0.717) is 18.5 Å². The molecule has 0 aliphatic rings. The maximum absolute atomic E-state index is 5.44. The molecule has 0 spiro atoms. The van der Waals surface area contributed by atoms with E-state index in [-0.39, 0.29) is 0 Å². The SMILES string of the molecule is CCn1nc(OC)nc1N. The zero-order valence-electron chi connectivity index (χ0n) is 6.03. The van der Waals surface area contributed by atoms with Crippen molar-refractivity contribution in [3.05, 3.63) is 0 Å². The number of rotatable bonds is 2. The van der Waals surface area contributed by atoms with Crippen LogP contribution in [0, 0.1) is 0 Å². The standard InChI is InChI=1S/C5H10N4O/c1-3-9-4(6)7-5(8-9)10-2/h3H2,1-2H3,(H2,6,7,8). The lowest BCUT2D eigenvalue weighted by molar-refractivity contribution is 0.376. The number of aromatic nitrogens is 3. The number of hydrogen-bond acceptors (Lipinski definition) is 4. The van der Waals surface area contributed by atoms with Gasteiger partial charge in [-0.05, 0) is 6.92 Å². The van der Waals surface area contributed by atoms with Gasteiger partial charge in [0.1, 0.15) is 0 Å². The molecule has 56 valence electrons. The third-order valence-electron chi connectivity index (χ3n) is 1.16. The Hall–Kier alpha value is -1.26. The van der Waals surface area contributed by atoms with Gasteiger partial charge in [0.25, 0.3) is 0 Å². The molecule has 0 radical (unpaired) electrons. The van der Waals surface area contributed by atoms with Crippen molar-refractivity contribution < 1.29 is 4.74 Å². The number of nitrogens with zero attached hydrogens (tertiary/aromatic N) is 3. The van der Waals surface area contributed by atoms with Gasteiger partial charge in [-0.25, -0.2) is 4.68 Å². The summed E-state index contributed by atoms with van der Waals surface area (Å²) in [5.74, 6) is 0.388.